The molecule has 8 aromatic carbocycles. The van der Waals surface area contributed by atoms with Crippen LogP contribution in [-0.2, 0) is 0 Å². The van der Waals surface area contributed by atoms with E-state index in [1.54, 1.807) is 0 Å². The molecule has 2 nitrogen and oxygen atoms in total. The molecule has 0 saturated heterocycles. The summed E-state index contributed by atoms with van der Waals surface area (Å²) >= 11 is 1.87. The molecule has 0 spiro atoms. The molecule has 0 aliphatic rings. The van der Waals surface area contributed by atoms with Crippen molar-refractivity contribution in [2.24, 2.45) is 0 Å². The number of fused-ring (bicyclic) bond motifs is 4. The maximum absolute atomic E-state index is 2.38. The summed E-state index contributed by atoms with van der Waals surface area (Å²) in [5.41, 5.74) is 9.13. The largest absolute Gasteiger partial charge is 0.311 e. The van der Waals surface area contributed by atoms with E-state index in [4.69, 9.17) is 0 Å². The Labute approximate surface area is 290 Å². The first-order valence-electron chi connectivity index (χ1n) is 16.6. The monoisotopic (exact) mass is 644 g/mol. The van der Waals surface area contributed by atoms with Gasteiger partial charge in [0, 0.05) is 54.3 Å². The lowest BCUT2D eigenvalue weighted by Crippen LogP contribution is -2.12. The highest BCUT2D eigenvalue weighted by Crippen LogP contribution is 2.43. The lowest BCUT2D eigenvalue weighted by molar-refractivity contribution is 1.26. The molecule has 9 rings (SSSR count). The summed E-state index contributed by atoms with van der Waals surface area (Å²) in [4.78, 5) is 4.68. The minimum atomic E-state index is 1.09. The summed E-state index contributed by atoms with van der Waals surface area (Å²) < 4.78 is 2.64. The maximum Gasteiger partial charge on any atom is 0.0468 e. The molecule has 0 saturated carbocycles. The molecule has 0 atom stereocenters. The molecule has 3 heteroatoms. The van der Waals surface area contributed by atoms with Gasteiger partial charge >= 0.3 is 0 Å². The zero-order valence-electron chi connectivity index (χ0n) is 26.8. The quantitative estimate of drug-likeness (QED) is 0.170. The lowest BCUT2D eigenvalue weighted by atomic mass is 10.0. The Morgan fingerprint density at radius 3 is 1.57 bits per heavy atom. The van der Waals surface area contributed by atoms with E-state index in [-0.39, 0.29) is 0 Å². The molecule has 49 heavy (non-hydrogen) atoms. The molecule has 0 fully saturated rings. The summed E-state index contributed by atoms with van der Waals surface area (Å²) in [5.74, 6) is 0. The number of nitrogens with zero attached hydrogens (tertiary/aromatic N) is 2. The lowest BCUT2D eigenvalue weighted by Gasteiger charge is -2.28. The van der Waals surface area contributed by atoms with Crippen LogP contribution in [0.1, 0.15) is 0 Å². The Morgan fingerprint density at radius 2 is 0.837 bits per heavy atom. The first-order chi connectivity index (χ1) is 24.3. The number of hydrogen-bond acceptors (Lipinski definition) is 3. The predicted octanol–water partition coefficient (Wildman–Crippen LogP) is 13.8. The van der Waals surface area contributed by atoms with Gasteiger partial charge in [0.25, 0.3) is 0 Å². The van der Waals surface area contributed by atoms with Gasteiger partial charge in [0.1, 0.15) is 0 Å². The van der Waals surface area contributed by atoms with Crippen LogP contribution in [0.25, 0.3) is 42.1 Å². The van der Waals surface area contributed by atoms with Gasteiger partial charge < -0.3 is 9.80 Å². The number of benzene rings is 8. The number of rotatable bonds is 7. The van der Waals surface area contributed by atoms with E-state index in [0.29, 0.717) is 0 Å². The van der Waals surface area contributed by atoms with Crippen LogP contribution in [0.15, 0.2) is 194 Å². The molecule has 0 aliphatic carbocycles. The van der Waals surface area contributed by atoms with E-state index >= 15 is 0 Å². The molecular weight excluding hydrogens is 613 g/mol. The van der Waals surface area contributed by atoms with Gasteiger partial charge in [-0.25, -0.2) is 0 Å². The Bertz CT molecular complexity index is 2510. The summed E-state index contributed by atoms with van der Waals surface area (Å²) in [6, 6.07) is 69.8. The number of hydrogen-bond donors (Lipinski definition) is 0. The fourth-order valence-corrected chi connectivity index (χ4v) is 8.14. The van der Waals surface area contributed by atoms with E-state index in [0.717, 1.165) is 34.1 Å². The third-order valence-corrected chi connectivity index (χ3v) is 10.4. The van der Waals surface area contributed by atoms with E-state index in [9.17, 15) is 0 Å². The molecular formula is C46H32N2S. The highest BCUT2D eigenvalue weighted by Gasteiger charge is 2.18. The third-order valence-electron chi connectivity index (χ3n) is 9.21. The number of anilines is 6. The van der Waals surface area contributed by atoms with Crippen molar-refractivity contribution in [3.63, 3.8) is 0 Å². The third kappa shape index (κ3) is 5.41. The molecule has 0 radical (unpaired) electrons. The first kappa shape index (κ1) is 29.0. The second kappa shape index (κ2) is 12.5. The SMILES string of the molecule is c1ccc(N(c2ccccc2)c2ccc(N(c3cccc(-c4cccc5c4sc4ccccc45)c3)c3ccc4ccccc4c3)cc2)cc1. The van der Waals surface area contributed by atoms with Crippen molar-refractivity contribution < 1.29 is 0 Å². The van der Waals surface area contributed by atoms with Crippen molar-refractivity contribution in [2.45, 2.75) is 0 Å². The Morgan fingerprint density at radius 1 is 0.327 bits per heavy atom. The summed E-state index contributed by atoms with van der Waals surface area (Å²) in [7, 11) is 0. The van der Waals surface area contributed by atoms with Gasteiger partial charge in [0.2, 0.25) is 0 Å². The Balaban J connectivity index is 1.18. The summed E-state index contributed by atoms with van der Waals surface area (Å²) in [5, 5.41) is 5.07. The van der Waals surface area contributed by atoms with Gasteiger partial charge in [-0.15, -0.1) is 11.3 Å². The smallest absolute Gasteiger partial charge is 0.0468 e. The molecule has 1 aromatic heterocycles. The molecule has 0 bridgehead atoms. The van der Waals surface area contributed by atoms with Gasteiger partial charge in [-0.3, -0.25) is 0 Å². The minimum Gasteiger partial charge on any atom is -0.311 e. The van der Waals surface area contributed by atoms with Crippen LogP contribution >= 0.6 is 11.3 Å². The first-order valence-corrected chi connectivity index (χ1v) is 17.4. The summed E-state index contributed by atoms with van der Waals surface area (Å²) in [6.07, 6.45) is 0. The topological polar surface area (TPSA) is 6.48 Å². The second-order valence-electron chi connectivity index (χ2n) is 12.2. The molecule has 0 aliphatic heterocycles. The van der Waals surface area contributed by atoms with E-state index in [2.05, 4.69) is 204 Å². The van der Waals surface area contributed by atoms with Gasteiger partial charge in [-0.05, 0) is 101 Å². The van der Waals surface area contributed by atoms with Crippen molar-refractivity contribution in [3.8, 4) is 11.1 Å². The van der Waals surface area contributed by atoms with Crippen LogP contribution in [0.5, 0.6) is 0 Å². The van der Waals surface area contributed by atoms with Crippen LogP contribution in [0, 0.1) is 0 Å². The minimum absolute atomic E-state index is 1.09. The van der Waals surface area contributed by atoms with Crippen molar-refractivity contribution in [1.82, 2.24) is 0 Å². The number of thiophene rings is 1. The fourth-order valence-electron chi connectivity index (χ4n) is 6.90. The van der Waals surface area contributed by atoms with Gasteiger partial charge in [-0.2, -0.15) is 0 Å². The van der Waals surface area contributed by atoms with E-state index in [1.165, 1.54) is 42.1 Å². The molecule has 1 heterocycles. The average Bonchev–Trinajstić information content (AvgIpc) is 3.56. The molecule has 0 unspecified atom stereocenters. The highest BCUT2D eigenvalue weighted by atomic mass is 32.1. The Kier molecular flexibility index (Phi) is 7.38. The normalized spacial score (nSPS) is 11.3. The predicted molar refractivity (Wildman–Crippen MR) is 212 cm³/mol. The Hall–Kier alpha value is -6.16. The van der Waals surface area contributed by atoms with Crippen LogP contribution in [-0.4, -0.2) is 0 Å². The standard InChI is InChI=1S/C46H32N2S/c1-3-16-36(17-4-1)47(37-18-5-2-6-19-37)38-27-29-39(30-28-38)48(41-26-25-33-13-7-8-14-34(33)31-41)40-20-11-15-35(32-40)42-22-12-23-44-43-21-9-10-24-45(43)49-46(42)44/h1-32H. The molecule has 9 aromatic rings. The van der Waals surface area contributed by atoms with Crippen molar-refractivity contribution in [2.75, 3.05) is 9.80 Å². The highest BCUT2D eigenvalue weighted by molar-refractivity contribution is 7.26. The molecule has 232 valence electrons. The van der Waals surface area contributed by atoms with Crippen LogP contribution in [0.3, 0.4) is 0 Å². The van der Waals surface area contributed by atoms with Gasteiger partial charge in [0.15, 0.2) is 0 Å². The maximum atomic E-state index is 2.38. The second-order valence-corrected chi connectivity index (χ2v) is 13.3. The molecule has 0 amide bonds. The van der Waals surface area contributed by atoms with Crippen molar-refractivity contribution in [1.29, 1.82) is 0 Å². The van der Waals surface area contributed by atoms with Crippen molar-refractivity contribution >= 4 is 76.4 Å². The van der Waals surface area contributed by atoms with E-state index < -0.39 is 0 Å². The van der Waals surface area contributed by atoms with Gasteiger partial charge in [0.05, 0.1) is 0 Å². The molecule has 0 N–H and O–H groups in total. The van der Waals surface area contributed by atoms with Crippen LogP contribution < -0.4 is 9.80 Å². The summed E-state index contributed by atoms with van der Waals surface area (Å²) in [6.45, 7) is 0. The number of para-hydroxylation sites is 2. The fraction of sp³-hybridized carbons (Fsp3) is 0. The average molecular weight is 645 g/mol. The van der Waals surface area contributed by atoms with E-state index in [1.807, 2.05) is 11.3 Å². The van der Waals surface area contributed by atoms with Crippen molar-refractivity contribution in [3.05, 3.63) is 194 Å². The zero-order chi connectivity index (χ0) is 32.6. The zero-order valence-corrected chi connectivity index (χ0v) is 27.6. The van der Waals surface area contributed by atoms with Crippen LogP contribution in [0.4, 0.5) is 34.1 Å². The van der Waals surface area contributed by atoms with Gasteiger partial charge in [-0.1, -0.05) is 115 Å². The van der Waals surface area contributed by atoms with Crippen LogP contribution in [0.2, 0.25) is 0 Å².